The summed E-state index contributed by atoms with van der Waals surface area (Å²) >= 11 is 0. The molecule has 14 heavy (non-hydrogen) atoms. The number of ketones is 1. The van der Waals surface area contributed by atoms with E-state index in [9.17, 15) is 4.79 Å². The van der Waals surface area contributed by atoms with Gasteiger partial charge in [-0.05, 0) is 40.0 Å². The van der Waals surface area contributed by atoms with Gasteiger partial charge in [-0.2, -0.15) is 0 Å². The molecule has 1 aliphatic carbocycles. The smallest absolute Gasteiger partial charge is 0.164 e. The molecule has 1 aliphatic rings. The fourth-order valence-electron chi connectivity index (χ4n) is 1.91. The summed E-state index contributed by atoms with van der Waals surface area (Å²) in [4.78, 5) is 11.7. The van der Waals surface area contributed by atoms with Crippen molar-refractivity contribution in [2.75, 3.05) is 6.61 Å². The maximum Gasteiger partial charge on any atom is 0.164 e. The van der Waals surface area contributed by atoms with Crippen LogP contribution in [-0.4, -0.2) is 24.3 Å². The average molecular weight is 200 g/mol. The van der Waals surface area contributed by atoms with Gasteiger partial charge in [0.2, 0.25) is 0 Å². The average Bonchev–Trinajstić information content (AvgIpc) is 2.10. The van der Waals surface area contributed by atoms with Crippen molar-refractivity contribution >= 4 is 5.78 Å². The van der Waals surface area contributed by atoms with Crippen LogP contribution in [0.5, 0.6) is 0 Å². The summed E-state index contributed by atoms with van der Waals surface area (Å²) in [6, 6.07) is 0. The first-order chi connectivity index (χ1) is 6.58. The summed E-state index contributed by atoms with van der Waals surface area (Å²) in [5, 5.41) is 0. The second kappa shape index (κ2) is 4.89. The first-order valence-electron chi connectivity index (χ1n) is 5.41. The molecule has 0 N–H and O–H groups in total. The van der Waals surface area contributed by atoms with E-state index in [1.165, 1.54) is 0 Å². The second-order valence-corrected chi connectivity index (χ2v) is 4.00. The van der Waals surface area contributed by atoms with Gasteiger partial charge in [-0.3, -0.25) is 4.79 Å². The van der Waals surface area contributed by atoms with Crippen molar-refractivity contribution in [1.82, 2.24) is 0 Å². The molecule has 0 aromatic heterocycles. The van der Waals surface area contributed by atoms with Crippen LogP contribution in [0.3, 0.4) is 0 Å². The summed E-state index contributed by atoms with van der Waals surface area (Å²) in [6.45, 7) is 6.26. The first-order valence-corrected chi connectivity index (χ1v) is 5.41. The molecule has 0 heterocycles. The summed E-state index contributed by atoms with van der Waals surface area (Å²) in [7, 11) is 0. The van der Waals surface area contributed by atoms with Crippen LogP contribution in [0.25, 0.3) is 0 Å². The van der Waals surface area contributed by atoms with E-state index in [1.807, 2.05) is 20.8 Å². The Morgan fingerprint density at radius 3 is 2.79 bits per heavy atom. The number of hydrogen-bond acceptors (Lipinski definition) is 3. The van der Waals surface area contributed by atoms with Crippen molar-refractivity contribution in [3.05, 3.63) is 0 Å². The zero-order valence-electron chi connectivity index (χ0n) is 9.34. The molecule has 82 valence electrons. The lowest BCUT2D eigenvalue weighted by molar-refractivity contribution is -0.203. The zero-order chi connectivity index (χ0) is 10.6. The van der Waals surface area contributed by atoms with E-state index < -0.39 is 5.60 Å². The van der Waals surface area contributed by atoms with Crippen LogP contribution in [0, 0.1) is 0 Å². The minimum atomic E-state index is -0.604. The molecular formula is C11H20O3. The third-order valence-corrected chi connectivity index (χ3v) is 2.72. The summed E-state index contributed by atoms with van der Waals surface area (Å²) in [6.07, 6.45) is 3.26. The highest BCUT2D eigenvalue weighted by Crippen LogP contribution is 2.29. The predicted octanol–water partition coefficient (Wildman–Crippen LogP) is 2.29. The summed E-state index contributed by atoms with van der Waals surface area (Å²) in [5.74, 6) is 0.218. The molecule has 0 amide bonds. The van der Waals surface area contributed by atoms with Gasteiger partial charge in [-0.25, -0.2) is 0 Å². The molecule has 0 aromatic rings. The van der Waals surface area contributed by atoms with Crippen LogP contribution in [-0.2, 0) is 14.3 Å². The van der Waals surface area contributed by atoms with Gasteiger partial charge in [0.1, 0.15) is 5.60 Å². The van der Waals surface area contributed by atoms with E-state index in [0.29, 0.717) is 13.0 Å². The van der Waals surface area contributed by atoms with E-state index >= 15 is 0 Å². The third-order valence-electron chi connectivity index (χ3n) is 2.72. The standard InChI is InChI=1S/C11H20O3/c1-4-13-9(2)14-11(3)8-6-5-7-10(11)12/h9H,4-8H2,1-3H3. The van der Waals surface area contributed by atoms with Crippen molar-refractivity contribution in [2.24, 2.45) is 0 Å². The number of Topliss-reactive ketones (excluding diaryl/α,β-unsaturated/α-hetero) is 1. The molecule has 0 bridgehead atoms. The Labute approximate surface area is 85.8 Å². The van der Waals surface area contributed by atoms with Crippen molar-refractivity contribution in [3.63, 3.8) is 0 Å². The Kier molecular flexibility index (Phi) is 4.08. The molecule has 0 saturated heterocycles. The SMILES string of the molecule is CCOC(C)OC1(C)CCCCC1=O. The molecule has 0 radical (unpaired) electrons. The van der Waals surface area contributed by atoms with E-state index in [4.69, 9.17) is 9.47 Å². The monoisotopic (exact) mass is 200 g/mol. The lowest BCUT2D eigenvalue weighted by atomic mass is 9.85. The number of ether oxygens (including phenoxy) is 2. The van der Waals surface area contributed by atoms with Crippen molar-refractivity contribution in [3.8, 4) is 0 Å². The Morgan fingerprint density at radius 2 is 2.21 bits per heavy atom. The second-order valence-electron chi connectivity index (χ2n) is 4.00. The van der Waals surface area contributed by atoms with Gasteiger partial charge in [-0.15, -0.1) is 0 Å². The number of rotatable bonds is 4. The van der Waals surface area contributed by atoms with Gasteiger partial charge < -0.3 is 9.47 Å². The minimum Gasteiger partial charge on any atom is -0.353 e. The highest BCUT2D eigenvalue weighted by molar-refractivity contribution is 5.87. The Hall–Kier alpha value is -0.410. The Balaban J connectivity index is 2.50. The fourth-order valence-corrected chi connectivity index (χ4v) is 1.91. The van der Waals surface area contributed by atoms with E-state index in [0.717, 1.165) is 19.3 Å². The molecule has 0 aliphatic heterocycles. The van der Waals surface area contributed by atoms with Gasteiger partial charge in [-0.1, -0.05) is 0 Å². The van der Waals surface area contributed by atoms with E-state index in [2.05, 4.69) is 0 Å². The number of carbonyl (C=O) groups is 1. The predicted molar refractivity (Wildman–Crippen MR) is 54.1 cm³/mol. The number of hydrogen-bond donors (Lipinski definition) is 0. The van der Waals surface area contributed by atoms with Gasteiger partial charge in [0.05, 0.1) is 0 Å². The largest absolute Gasteiger partial charge is 0.353 e. The molecule has 0 aromatic carbocycles. The van der Waals surface area contributed by atoms with Crippen LogP contribution in [0.2, 0.25) is 0 Å². The normalized spacial score (nSPS) is 30.4. The van der Waals surface area contributed by atoms with Crippen LogP contribution in [0.1, 0.15) is 46.5 Å². The lowest BCUT2D eigenvalue weighted by Crippen LogP contribution is -2.43. The molecule has 3 heteroatoms. The van der Waals surface area contributed by atoms with Crippen LogP contribution < -0.4 is 0 Å². The minimum absolute atomic E-state index is 0.218. The van der Waals surface area contributed by atoms with Crippen molar-refractivity contribution in [1.29, 1.82) is 0 Å². The van der Waals surface area contributed by atoms with Gasteiger partial charge in [0.25, 0.3) is 0 Å². The lowest BCUT2D eigenvalue weighted by Gasteiger charge is -2.34. The van der Waals surface area contributed by atoms with Gasteiger partial charge in [0, 0.05) is 13.0 Å². The molecule has 1 rings (SSSR count). The third kappa shape index (κ3) is 2.79. The van der Waals surface area contributed by atoms with Crippen LogP contribution in [0.4, 0.5) is 0 Å². The summed E-state index contributed by atoms with van der Waals surface area (Å²) in [5.41, 5.74) is -0.604. The molecule has 1 fully saturated rings. The molecular weight excluding hydrogens is 180 g/mol. The molecule has 2 atom stereocenters. The van der Waals surface area contributed by atoms with Crippen LogP contribution >= 0.6 is 0 Å². The van der Waals surface area contributed by atoms with Crippen LogP contribution in [0.15, 0.2) is 0 Å². The fraction of sp³-hybridized carbons (Fsp3) is 0.909. The van der Waals surface area contributed by atoms with Crippen molar-refractivity contribution in [2.45, 2.75) is 58.3 Å². The highest BCUT2D eigenvalue weighted by Gasteiger charge is 2.37. The maximum atomic E-state index is 11.7. The topological polar surface area (TPSA) is 35.5 Å². The zero-order valence-corrected chi connectivity index (χ0v) is 9.34. The number of carbonyl (C=O) groups excluding carboxylic acids is 1. The van der Waals surface area contributed by atoms with E-state index in [1.54, 1.807) is 0 Å². The quantitative estimate of drug-likeness (QED) is 0.653. The van der Waals surface area contributed by atoms with Crippen molar-refractivity contribution < 1.29 is 14.3 Å². The summed E-state index contributed by atoms with van der Waals surface area (Å²) < 4.78 is 10.9. The van der Waals surface area contributed by atoms with Gasteiger partial charge >= 0.3 is 0 Å². The molecule has 2 unspecified atom stereocenters. The highest BCUT2D eigenvalue weighted by atomic mass is 16.7. The molecule has 0 spiro atoms. The van der Waals surface area contributed by atoms with Gasteiger partial charge in [0.15, 0.2) is 12.1 Å². The van der Waals surface area contributed by atoms with E-state index in [-0.39, 0.29) is 12.1 Å². The Bertz CT molecular complexity index is 203. The molecule has 3 nitrogen and oxygen atoms in total. The molecule has 1 saturated carbocycles. The first kappa shape index (κ1) is 11.7. The Morgan fingerprint density at radius 1 is 1.50 bits per heavy atom. The maximum absolute atomic E-state index is 11.7.